The minimum atomic E-state index is 0.0156. The summed E-state index contributed by atoms with van der Waals surface area (Å²) in [5, 5.41) is 6.65. The molecule has 4 unspecified atom stereocenters. The summed E-state index contributed by atoms with van der Waals surface area (Å²) in [7, 11) is 0. The highest BCUT2D eigenvalue weighted by atomic mass is 32.2. The molecule has 2 saturated carbocycles. The molecule has 2 aliphatic carbocycles. The van der Waals surface area contributed by atoms with Crippen molar-refractivity contribution in [1.82, 2.24) is 5.32 Å². The molecule has 2 rings (SSSR count). The van der Waals surface area contributed by atoms with Crippen molar-refractivity contribution in [3.63, 3.8) is 0 Å². The zero-order valence-electron chi connectivity index (χ0n) is 10.8. The van der Waals surface area contributed by atoms with Gasteiger partial charge in [-0.3, -0.25) is 4.79 Å². The van der Waals surface area contributed by atoms with E-state index in [9.17, 15) is 4.79 Å². The number of amidine groups is 1. The zero-order valence-corrected chi connectivity index (χ0v) is 11.6. The number of amides is 1. The van der Waals surface area contributed by atoms with Gasteiger partial charge in [0.05, 0.1) is 5.75 Å². The number of nitrogens with zero attached hydrogens (tertiary/aromatic N) is 1. The summed E-state index contributed by atoms with van der Waals surface area (Å²) < 4.78 is 0. The monoisotopic (exact) mass is 270 g/mol. The van der Waals surface area contributed by atoms with Crippen molar-refractivity contribution in [3.05, 3.63) is 0 Å². The molecule has 0 heterocycles. The van der Waals surface area contributed by atoms with E-state index in [-0.39, 0.29) is 22.9 Å². The first-order valence-electron chi connectivity index (χ1n) is 6.55. The summed E-state index contributed by atoms with van der Waals surface area (Å²) in [6.07, 6.45) is 5.39. The van der Waals surface area contributed by atoms with Crippen LogP contribution in [0.15, 0.2) is 5.10 Å². The van der Waals surface area contributed by atoms with Crippen molar-refractivity contribution in [2.45, 2.75) is 38.6 Å². The Kier molecular flexibility index (Phi) is 4.37. The van der Waals surface area contributed by atoms with Crippen LogP contribution in [0.1, 0.15) is 32.6 Å². The Balaban J connectivity index is 1.74. The fraction of sp³-hybridized carbons (Fsp3) is 0.833. The molecule has 2 aliphatic rings. The molecule has 102 valence electrons. The lowest BCUT2D eigenvalue weighted by molar-refractivity contribution is -0.119. The van der Waals surface area contributed by atoms with Crippen molar-refractivity contribution in [2.75, 3.05) is 5.75 Å². The minimum absolute atomic E-state index is 0.0156. The van der Waals surface area contributed by atoms with Crippen molar-refractivity contribution in [2.24, 2.45) is 34.4 Å². The topological polar surface area (TPSA) is 93.5 Å². The molecule has 18 heavy (non-hydrogen) atoms. The van der Waals surface area contributed by atoms with Gasteiger partial charge in [-0.1, -0.05) is 18.2 Å². The second-order valence-corrected chi connectivity index (χ2v) is 6.45. The first kappa shape index (κ1) is 13.5. The van der Waals surface area contributed by atoms with Gasteiger partial charge in [0.25, 0.3) is 0 Å². The van der Waals surface area contributed by atoms with Gasteiger partial charge in [-0.25, -0.2) is 0 Å². The first-order valence-corrected chi connectivity index (χ1v) is 7.54. The summed E-state index contributed by atoms with van der Waals surface area (Å²) in [4.78, 5) is 11.8. The second kappa shape index (κ2) is 5.82. The van der Waals surface area contributed by atoms with Crippen LogP contribution in [-0.2, 0) is 4.79 Å². The van der Waals surface area contributed by atoms with Gasteiger partial charge in [-0.15, -0.1) is 0 Å². The van der Waals surface area contributed by atoms with Crippen LogP contribution < -0.4 is 16.9 Å². The number of carbonyl (C=O) groups is 1. The lowest BCUT2D eigenvalue weighted by Crippen LogP contribution is -2.41. The highest BCUT2D eigenvalue weighted by Gasteiger charge is 2.42. The fourth-order valence-electron chi connectivity index (χ4n) is 3.49. The molecular weight excluding hydrogens is 248 g/mol. The molecular formula is C12H22N4OS. The summed E-state index contributed by atoms with van der Waals surface area (Å²) in [6.45, 7) is 2.12. The van der Waals surface area contributed by atoms with Crippen molar-refractivity contribution >= 4 is 22.8 Å². The van der Waals surface area contributed by atoms with Crippen LogP contribution in [-0.4, -0.2) is 22.9 Å². The summed E-state index contributed by atoms with van der Waals surface area (Å²) >= 11 is 1.18. The number of fused-ring (bicyclic) bond motifs is 2. The van der Waals surface area contributed by atoms with Crippen LogP contribution in [0.2, 0.25) is 0 Å². The van der Waals surface area contributed by atoms with E-state index in [1.807, 2.05) is 0 Å². The Hall–Kier alpha value is -0.910. The van der Waals surface area contributed by atoms with Gasteiger partial charge in [-0.2, -0.15) is 5.10 Å². The molecule has 1 amide bonds. The number of nitrogens with two attached hydrogens (primary N) is 2. The maximum Gasteiger partial charge on any atom is 0.230 e. The first-order chi connectivity index (χ1) is 8.60. The van der Waals surface area contributed by atoms with Gasteiger partial charge in [0.15, 0.2) is 5.17 Å². The molecule has 2 bridgehead atoms. The van der Waals surface area contributed by atoms with E-state index in [4.69, 9.17) is 11.6 Å². The molecule has 5 N–H and O–H groups in total. The van der Waals surface area contributed by atoms with Crippen molar-refractivity contribution in [1.29, 1.82) is 0 Å². The number of rotatable bonds is 4. The molecule has 5 nitrogen and oxygen atoms in total. The number of hydrogen-bond acceptors (Lipinski definition) is 4. The molecule has 2 fully saturated rings. The van der Waals surface area contributed by atoms with Gasteiger partial charge < -0.3 is 16.9 Å². The van der Waals surface area contributed by atoms with Crippen LogP contribution in [0.5, 0.6) is 0 Å². The van der Waals surface area contributed by atoms with Crippen LogP contribution in [0.25, 0.3) is 0 Å². The molecule has 0 aliphatic heterocycles. The largest absolute Gasteiger partial charge is 0.377 e. The highest BCUT2D eigenvalue weighted by molar-refractivity contribution is 8.14. The standard InChI is InChI=1S/C12H22N4OS/c1-7(10-5-8-2-3-9(10)4-8)15-11(17)6-18-12(13)16-14/h7-10H,2-6,14H2,1H3,(H2,13,16)(H,15,17). The van der Waals surface area contributed by atoms with E-state index in [1.54, 1.807) is 0 Å². The van der Waals surface area contributed by atoms with Crippen molar-refractivity contribution < 1.29 is 4.79 Å². The number of hydrogen-bond donors (Lipinski definition) is 3. The molecule has 0 aromatic heterocycles. The molecule has 0 saturated heterocycles. The average molecular weight is 270 g/mol. The zero-order chi connectivity index (χ0) is 13.1. The van der Waals surface area contributed by atoms with Gasteiger partial charge in [0.2, 0.25) is 5.91 Å². The lowest BCUT2D eigenvalue weighted by Gasteiger charge is -2.28. The fourth-order valence-corrected chi connectivity index (χ4v) is 3.92. The Morgan fingerprint density at radius 2 is 2.28 bits per heavy atom. The summed E-state index contributed by atoms with van der Waals surface area (Å²) in [5.74, 6) is 7.72. The minimum Gasteiger partial charge on any atom is -0.377 e. The third kappa shape index (κ3) is 3.10. The van der Waals surface area contributed by atoms with E-state index in [1.165, 1.54) is 37.4 Å². The molecule has 6 heteroatoms. The number of nitrogens with one attached hydrogen (secondary N) is 1. The normalized spacial score (nSPS) is 32.5. The lowest BCUT2D eigenvalue weighted by atomic mass is 9.84. The predicted molar refractivity (Wildman–Crippen MR) is 74.8 cm³/mol. The quantitative estimate of drug-likeness (QED) is 0.305. The van der Waals surface area contributed by atoms with Crippen molar-refractivity contribution in [3.8, 4) is 0 Å². The van der Waals surface area contributed by atoms with E-state index in [0.717, 1.165) is 11.8 Å². The SMILES string of the molecule is CC(NC(=O)CSC(N)=NN)C1CC2CCC1C2. The maximum atomic E-state index is 11.8. The van der Waals surface area contributed by atoms with Crippen LogP contribution >= 0.6 is 11.8 Å². The Bertz CT molecular complexity index is 347. The van der Waals surface area contributed by atoms with E-state index in [0.29, 0.717) is 5.92 Å². The van der Waals surface area contributed by atoms with E-state index >= 15 is 0 Å². The molecule has 4 atom stereocenters. The third-order valence-electron chi connectivity index (χ3n) is 4.30. The summed E-state index contributed by atoms with van der Waals surface area (Å²) in [5.41, 5.74) is 5.43. The van der Waals surface area contributed by atoms with Gasteiger partial charge in [-0.05, 0) is 43.9 Å². The van der Waals surface area contributed by atoms with Crippen LogP contribution in [0.4, 0.5) is 0 Å². The Labute approximate surface area is 112 Å². The predicted octanol–water partition coefficient (Wildman–Crippen LogP) is 0.849. The Morgan fingerprint density at radius 1 is 1.50 bits per heavy atom. The van der Waals surface area contributed by atoms with E-state index in [2.05, 4.69) is 17.3 Å². The number of hydrazone groups is 1. The van der Waals surface area contributed by atoms with Gasteiger partial charge >= 0.3 is 0 Å². The maximum absolute atomic E-state index is 11.8. The second-order valence-electron chi connectivity index (χ2n) is 5.45. The molecule has 0 radical (unpaired) electrons. The smallest absolute Gasteiger partial charge is 0.230 e. The number of carbonyl (C=O) groups excluding carboxylic acids is 1. The molecule has 0 spiro atoms. The average Bonchev–Trinajstić information content (AvgIpc) is 2.97. The van der Waals surface area contributed by atoms with Gasteiger partial charge in [0.1, 0.15) is 0 Å². The molecule has 0 aromatic rings. The number of thioether (sulfide) groups is 1. The highest BCUT2D eigenvalue weighted by Crippen LogP contribution is 2.49. The Morgan fingerprint density at radius 3 is 2.83 bits per heavy atom. The van der Waals surface area contributed by atoms with Gasteiger partial charge in [0, 0.05) is 6.04 Å². The molecule has 0 aromatic carbocycles. The van der Waals surface area contributed by atoms with Crippen LogP contribution in [0.3, 0.4) is 0 Å². The summed E-state index contributed by atoms with van der Waals surface area (Å²) in [6, 6.07) is 0.268. The van der Waals surface area contributed by atoms with Crippen LogP contribution in [0, 0.1) is 17.8 Å². The van der Waals surface area contributed by atoms with E-state index < -0.39 is 0 Å². The third-order valence-corrected chi connectivity index (χ3v) is 5.11.